The van der Waals surface area contributed by atoms with Crippen LogP contribution in [0.1, 0.15) is 45.8 Å². The molecule has 37 heavy (non-hydrogen) atoms. The van der Waals surface area contributed by atoms with Crippen molar-refractivity contribution in [2.24, 2.45) is 0 Å². The van der Waals surface area contributed by atoms with E-state index in [1.165, 1.54) is 6.07 Å². The van der Waals surface area contributed by atoms with Crippen LogP contribution in [-0.4, -0.2) is 36.2 Å². The van der Waals surface area contributed by atoms with E-state index in [2.05, 4.69) is 0 Å². The van der Waals surface area contributed by atoms with Gasteiger partial charge in [-0.3, -0.25) is 9.59 Å². The fraction of sp³-hybridized carbons (Fsp3) is 0.241. The number of phenolic OH excluding ortho intramolecular Hbond substituents is 1. The summed E-state index contributed by atoms with van der Waals surface area (Å²) in [4.78, 5) is 29.1. The van der Waals surface area contributed by atoms with Crippen molar-refractivity contribution >= 4 is 28.5 Å². The van der Waals surface area contributed by atoms with E-state index in [0.717, 1.165) is 16.9 Å². The Kier molecular flexibility index (Phi) is 6.56. The minimum atomic E-state index is -0.721. The predicted molar refractivity (Wildman–Crippen MR) is 141 cm³/mol. The van der Waals surface area contributed by atoms with Gasteiger partial charge in [0.2, 0.25) is 5.76 Å². The van der Waals surface area contributed by atoms with Crippen LogP contribution in [0.4, 0.5) is 0 Å². The zero-order chi connectivity index (χ0) is 26.3. The van der Waals surface area contributed by atoms with Crippen LogP contribution in [0.3, 0.4) is 0 Å². The van der Waals surface area contributed by atoms with Gasteiger partial charge in [-0.05, 0) is 73.4 Å². The van der Waals surface area contributed by atoms with E-state index < -0.39 is 6.04 Å². The molecular weight excluding hydrogens is 494 g/mol. The van der Waals surface area contributed by atoms with Crippen LogP contribution in [0.15, 0.2) is 63.8 Å². The fourth-order valence-corrected chi connectivity index (χ4v) is 4.90. The third-order valence-electron chi connectivity index (χ3n) is 6.65. The first-order valence-corrected chi connectivity index (χ1v) is 12.4. The number of carbonyl (C=O) groups is 1. The summed E-state index contributed by atoms with van der Waals surface area (Å²) in [5.74, 6) is 0.651. The Labute approximate surface area is 218 Å². The third-order valence-corrected chi connectivity index (χ3v) is 7.05. The number of rotatable bonds is 7. The molecule has 1 aromatic heterocycles. The number of ether oxygens (including phenoxy) is 2. The average molecular weight is 520 g/mol. The summed E-state index contributed by atoms with van der Waals surface area (Å²) in [6, 6.07) is 15.0. The summed E-state index contributed by atoms with van der Waals surface area (Å²) in [6.45, 7) is 4.31. The zero-order valence-corrected chi connectivity index (χ0v) is 21.5. The van der Waals surface area contributed by atoms with Crippen LogP contribution < -0.4 is 14.9 Å². The molecule has 1 unspecified atom stereocenters. The first kappa shape index (κ1) is 24.7. The number of methoxy groups -OCH3 is 1. The number of amides is 1. The van der Waals surface area contributed by atoms with E-state index in [1.807, 2.05) is 38.1 Å². The zero-order valence-electron chi connectivity index (χ0n) is 20.7. The number of benzene rings is 3. The fourth-order valence-electron chi connectivity index (χ4n) is 4.73. The first-order valence-electron chi connectivity index (χ1n) is 12.0. The van der Waals surface area contributed by atoms with Gasteiger partial charge in [-0.2, -0.15) is 0 Å². The summed E-state index contributed by atoms with van der Waals surface area (Å²) in [5, 5.41) is 11.0. The van der Waals surface area contributed by atoms with Gasteiger partial charge < -0.3 is 23.9 Å². The minimum Gasteiger partial charge on any atom is -0.504 e. The number of aromatic hydroxyl groups is 1. The smallest absolute Gasteiger partial charge is 0.290 e. The van der Waals surface area contributed by atoms with E-state index in [0.29, 0.717) is 41.1 Å². The second-order valence-electron chi connectivity index (χ2n) is 8.93. The van der Waals surface area contributed by atoms with E-state index in [-0.39, 0.29) is 34.2 Å². The van der Waals surface area contributed by atoms with Crippen molar-refractivity contribution in [3.63, 3.8) is 0 Å². The molecule has 2 heterocycles. The molecule has 5 rings (SSSR count). The average Bonchev–Trinajstić information content (AvgIpc) is 3.17. The topological polar surface area (TPSA) is 89.2 Å². The Balaban J connectivity index is 1.64. The first-order chi connectivity index (χ1) is 17.8. The number of phenols is 1. The van der Waals surface area contributed by atoms with Crippen molar-refractivity contribution in [3.05, 3.63) is 97.9 Å². The Bertz CT molecular complexity index is 1560. The van der Waals surface area contributed by atoms with Gasteiger partial charge in [0.15, 0.2) is 16.9 Å². The van der Waals surface area contributed by atoms with Crippen LogP contribution in [-0.2, 0) is 6.42 Å². The standard InChI is InChI=1S/C29H26ClNO6/c1-4-36-24-14-18(7-10-22(24)32)26-25-27(33)20-15-21(30)16(2)13-23(20)37-28(25)29(34)31(26)12-11-17-5-8-19(35-3)9-6-17/h5-10,13-15,26,32H,4,11-12H2,1-3H3. The van der Waals surface area contributed by atoms with Gasteiger partial charge in [0.25, 0.3) is 5.91 Å². The van der Waals surface area contributed by atoms with Crippen molar-refractivity contribution in [1.29, 1.82) is 0 Å². The van der Waals surface area contributed by atoms with Crippen LogP contribution in [0.25, 0.3) is 11.0 Å². The van der Waals surface area contributed by atoms with Crippen LogP contribution >= 0.6 is 11.6 Å². The van der Waals surface area contributed by atoms with Gasteiger partial charge >= 0.3 is 0 Å². The summed E-state index contributed by atoms with van der Waals surface area (Å²) in [5.41, 5.74) is 2.64. The maximum absolute atomic E-state index is 13.8. The second-order valence-corrected chi connectivity index (χ2v) is 9.34. The molecule has 0 fully saturated rings. The van der Waals surface area contributed by atoms with Crippen LogP contribution in [0.5, 0.6) is 17.2 Å². The summed E-state index contributed by atoms with van der Waals surface area (Å²) < 4.78 is 16.9. The molecule has 0 saturated heterocycles. The van der Waals surface area contributed by atoms with Crippen molar-refractivity contribution < 1.29 is 23.8 Å². The Hall–Kier alpha value is -3.97. The molecule has 0 saturated carbocycles. The predicted octanol–water partition coefficient (Wildman–Crippen LogP) is 5.66. The molecule has 7 nitrogen and oxygen atoms in total. The van der Waals surface area contributed by atoms with Crippen LogP contribution in [0, 0.1) is 6.92 Å². The Morgan fingerprint density at radius 1 is 1.08 bits per heavy atom. The highest BCUT2D eigenvalue weighted by molar-refractivity contribution is 6.32. The summed E-state index contributed by atoms with van der Waals surface area (Å²) in [6.07, 6.45) is 0.551. The van der Waals surface area contributed by atoms with Gasteiger partial charge in [0, 0.05) is 11.6 Å². The molecule has 3 aromatic carbocycles. The lowest BCUT2D eigenvalue weighted by molar-refractivity contribution is 0.0729. The Morgan fingerprint density at radius 3 is 2.54 bits per heavy atom. The molecule has 4 aromatic rings. The molecule has 1 atom stereocenters. The number of fused-ring (bicyclic) bond motifs is 2. The van der Waals surface area contributed by atoms with Crippen molar-refractivity contribution in [2.45, 2.75) is 26.3 Å². The molecule has 0 radical (unpaired) electrons. The van der Waals surface area contributed by atoms with Gasteiger partial charge in [0.05, 0.1) is 30.7 Å². The number of hydrogen-bond acceptors (Lipinski definition) is 6. The molecule has 8 heteroatoms. The van der Waals surface area contributed by atoms with Gasteiger partial charge in [0.1, 0.15) is 11.3 Å². The molecule has 1 aliphatic heterocycles. The molecule has 0 bridgehead atoms. The number of aryl methyl sites for hydroxylation is 1. The lowest BCUT2D eigenvalue weighted by Gasteiger charge is -2.25. The lowest BCUT2D eigenvalue weighted by atomic mass is 9.97. The van der Waals surface area contributed by atoms with Crippen molar-refractivity contribution in [1.82, 2.24) is 4.90 Å². The van der Waals surface area contributed by atoms with E-state index in [4.69, 9.17) is 25.5 Å². The lowest BCUT2D eigenvalue weighted by Crippen LogP contribution is -2.31. The molecule has 0 aliphatic carbocycles. The SMILES string of the molecule is CCOc1cc(C2c3c(oc4cc(C)c(Cl)cc4c3=O)C(=O)N2CCc2ccc(OC)cc2)ccc1O. The van der Waals surface area contributed by atoms with Crippen molar-refractivity contribution in [2.75, 3.05) is 20.3 Å². The van der Waals surface area contributed by atoms with Gasteiger partial charge in [-0.1, -0.05) is 29.8 Å². The monoisotopic (exact) mass is 519 g/mol. The summed E-state index contributed by atoms with van der Waals surface area (Å²) >= 11 is 6.32. The number of hydrogen-bond donors (Lipinski definition) is 1. The number of nitrogens with zero attached hydrogens (tertiary/aromatic N) is 1. The van der Waals surface area contributed by atoms with Crippen LogP contribution in [0.2, 0.25) is 5.02 Å². The van der Waals surface area contributed by atoms with Gasteiger partial charge in [-0.15, -0.1) is 0 Å². The minimum absolute atomic E-state index is 0.0185. The second kappa shape index (κ2) is 9.82. The van der Waals surface area contributed by atoms with E-state index >= 15 is 0 Å². The molecule has 1 aliphatic rings. The third kappa shape index (κ3) is 4.40. The molecule has 0 spiro atoms. The maximum atomic E-state index is 13.8. The summed E-state index contributed by atoms with van der Waals surface area (Å²) in [7, 11) is 1.61. The highest BCUT2D eigenvalue weighted by atomic mass is 35.5. The van der Waals surface area contributed by atoms with E-state index in [1.54, 1.807) is 36.3 Å². The maximum Gasteiger partial charge on any atom is 0.290 e. The highest BCUT2D eigenvalue weighted by Gasteiger charge is 2.42. The molecular formula is C29H26ClNO6. The Morgan fingerprint density at radius 2 is 1.84 bits per heavy atom. The van der Waals surface area contributed by atoms with Gasteiger partial charge in [-0.25, -0.2) is 0 Å². The number of halogens is 1. The quantitative estimate of drug-likeness (QED) is 0.339. The van der Waals surface area contributed by atoms with Crippen molar-refractivity contribution in [3.8, 4) is 17.2 Å². The van der Waals surface area contributed by atoms with E-state index in [9.17, 15) is 14.7 Å². The highest BCUT2D eigenvalue weighted by Crippen LogP contribution is 2.41. The number of carbonyl (C=O) groups excluding carboxylic acids is 1. The normalized spacial score (nSPS) is 14.8. The largest absolute Gasteiger partial charge is 0.504 e. The molecule has 1 amide bonds. The molecule has 1 N–H and O–H groups in total. The molecule has 190 valence electrons.